The first-order valence-electron chi connectivity index (χ1n) is 6.85. The largest absolute Gasteiger partial charge is 0.356 e. The van der Waals surface area contributed by atoms with Crippen molar-refractivity contribution in [3.05, 3.63) is 29.3 Å². The Kier molecular flexibility index (Phi) is 3.59. The van der Waals surface area contributed by atoms with Crippen molar-refractivity contribution in [1.29, 1.82) is 0 Å². The van der Waals surface area contributed by atoms with Crippen molar-refractivity contribution in [2.24, 2.45) is 5.92 Å². The van der Waals surface area contributed by atoms with Crippen LogP contribution in [0.25, 0.3) is 0 Å². The molecule has 2 aliphatic rings. The molecule has 0 spiro atoms. The van der Waals surface area contributed by atoms with E-state index in [4.69, 9.17) is 0 Å². The normalized spacial score (nSPS) is 22.0. The molecular weight excluding hydrogens is 242 g/mol. The summed E-state index contributed by atoms with van der Waals surface area (Å²) in [4.78, 5) is 12.8. The van der Waals surface area contributed by atoms with E-state index in [1.807, 2.05) is 11.8 Å². The second-order valence-corrected chi connectivity index (χ2v) is 6.37. The molecule has 1 fully saturated rings. The van der Waals surface area contributed by atoms with Crippen molar-refractivity contribution in [3.8, 4) is 0 Å². The maximum absolute atomic E-state index is 11.4. The van der Waals surface area contributed by atoms with Crippen molar-refractivity contribution in [3.63, 3.8) is 0 Å². The van der Waals surface area contributed by atoms with Gasteiger partial charge in [-0.1, -0.05) is 6.07 Å². The molecule has 0 radical (unpaired) electrons. The van der Waals surface area contributed by atoms with Crippen LogP contribution in [0.4, 0.5) is 0 Å². The van der Waals surface area contributed by atoms with Crippen LogP contribution in [-0.4, -0.2) is 18.2 Å². The van der Waals surface area contributed by atoms with Crippen LogP contribution in [0.3, 0.4) is 0 Å². The molecular formula is C15H19NOS. The summed E-state index contributed by atoms with van der Waals surface area (Å²) in [5.74, 6) is 1.56. The van der Waals surface area contributed by atoms with E-state index < -0.39 is 0 Å². The smallest absolute Gasteiger partial charge is 0.223 e. The van der Waals surface area contributed by atoms with Gasteiger partial charge in [-0.05, 0) is 61.1 Å². The number of amides is 1. The zero-order valence-corrected chi connectivity index (χ0v) is 11.4. The monoisotopic (exact) mass is 261 g/mol. The minimum atomic E-state index is 0.254. The molecule has 18 heavy (non-hydrogen) atoms. The van der Waals surface area contributed by atoms with Crippen LogP contribution in [0.5, 0.6) is 0 Å². The number of hydrogen-bond donors (Lipinski definition) is 1. The van der Waals surface area contributed by atoms with E-state index in [-0.39, 0.29) is 11.8 Å². The van der Waals surface area contributed by atoms with Crippen molar-refractivity contribution in [1.82, 2.24) is 5.32 Å². The van der Waals surface area contributed by atoms with Gasteiger partial charge in [0.05, 0.1) is 0 Å². The molecule has 96 valence electrons. The van der Waals surface area contributed by atoms with Crippen LogP contribution in [0.1, 0.15) is 30.4 Å². The number of thioether (sulfide) groups is 1. The van der Waals surface area contributed by atoms with Crippen molar-refractivity contribution >= 4 is 17.7 Å². The maximum Gasteiger partial charge on any atom is 0.223 e. The first-order valence-corrected chi connectivity index (χ1v) is 7.84. The molecule has 1 aromatic carbocycles. The molecule has 1 amide bonds. The van der Waals surface area contributed by atoms with Gasteiger partial charge in [0.2, 0.25) is 5.91 Å². The van der Waals surface area contributed by atoms with E-state index in [1.54, 1.807) is 5.56 Å². The average molecular weight is 261 g/mol. The Hall–Kier alpha value is -0.960. The van der Waals surface area contributed by atoms with Crippen molar-refractivity contribution in [2.45, 2.75) is 37.0 Å². The molecule has 1 saturated heterocycles. The summed E-state index contributed by atoms with van der Waals surface area (Å²) in [5.41, 5.74) is 3.08. The van der Waals surface area contributed by atoms with Gasteiger partial charge in [-0.3, -0.25) is 4.79 Å². The number of aryl methyl sites for hydroxylation is 2. The number of benzene rings is 1. The number of rotatable bonds is 4. The third-order valence-corrected chi connectivity index (χ3v) is 4.99. The number of carbonyl (C=O) groups excluding carboxylic acids is 1. The summed E-state index contributed by atoms with van der Waals surface area (Å²) in [6, 6.07) is 6.87. The Morgan fingerprint density at radius 1 is 1.28 bits per heavy atom. The van der Waals surface area contributed by atoms with E-state index in [1.165, 1.54) is 29.7 Å². The molecule has 1 aromatic rings. The highest BCUT2D eigenvalue weighted by atomic mass is 32.2. The van der Waals surface area contributed by atoms with Crippen LogP contribution in [-0.2, 0) is 17.6 Å². The summed E-state index contributed by atoms with van der Waals surface area (Å²) in [7, 11) is 0. The summed E-state index contributed by atoms with van der Waals surface area (Å²) >= 11 is 1.90. The molecule has 1 heterocycles. The fraction of sp³-hybridized carbons (Fsp3) is 0.533. The van der Waals surface area contributed by atoms with E-state index in [0.29, 0.717) is 0 Å². The lowest BCUT2D eigenvalue weighted by molar-refractivity contribution is -0.122. The fourth-order valence-electron chi connectivity index (χ4n) is 2.88. The van der Waals surface area contributed by atoms with E-state index >= 15 is 0 Å². The quantitative estimate of drug-likeness (QED) is 0.844. The second kappa shape index (κ2) is 5.35. The Morgan fingerprint density at radius 2 is 2.17 bits per heavy atom. The molecule has 1 N–H and O–H groups in total. The predicted molar refractivity (Wildman–Crippen MR) is 74.9 cm³/mol. The SMILES string of the molecule is O=C1NCC[C@@H]1CCSc1ccc2c(c1)CCC2. The van der Waals surface area contributed by atoms with E-state index in [9.17, 15) is 4.79 Å². The highest BCUT2D eigenvalue weighted by molar-refractivity contribution is 7.99. The van der Waals surface area contributed by atoms with Gasteiger partial charge in [-0.15, -0.1) is 11.8 Å². The third-order valence-electron chi connectivity index (χ3n) is 3.97. The molecule has 0 bridgehead atoms. The Balaban J connectivity index is 1.52. The minimum absolute atomic E-state index is 0.254. The van der Waals surface area contributed by atoms with Crippen molar-refractivity contribution < 1.29 is 4.79 Å². The topological polar surface area (TPSA) is 29.1 Å². The third kappa shape index (κ3) is 2.56. The summed E-state index contributed by atoms with van der Waals surface area (Å²) in [6.45, 7) is 0.868. The first kappa shape index (κ1) is 12.1. The predicted octanol–water partition coefficient (Wildman–Crippen LogP) is 2.79. The number of hydrogen-bond acceptors (Lipinski definition) is 2. The fourth-order valence-corrected chi connectivity index (χ4v) is 3.91. The van der Waals surface area contributed by atoms with Gasteiger partial charge in [0.1, 0.15) is 0 Å². The van der Waals surface area contributed by atoms with Gasteiger partial charge in [-0.25, -0.2) is 0 Å². The lowest BCUT2D eigenvalue weighted by Crippen LogP contribution is -2.19. The lowest BCUT2D eigenvalue weighted by Gasteiger charge is -2.07. The molecule has 0 saturated carbocycles. The van der Waals surface area contributed by atoms with Gasteiger partial charge < -0.3 is 5.32 Å². The molecule has 0 unspecified atom stereocenters. The lowest BCUT2D eigenvalue weighted by atomic mass is 10.1. The summed E-state index contributed by atoms with van der Waals surface area (Å²) in [6.07, 6.45) is 5.83. The maximum atomic E-state index is 11.4. The molecule has 1 atom stereocenters. The molecule has 2 nitrogen and oxygen atoms in total. The standard InChI is InChI=1S/C15H19NOS/c17-15-12(6-8-16-15)7-9-18-14-5-4-11-2-1-3-13(11)10-14/h4-5,10,12H,1-3,6-9H2,(H,16,17)/t12-/m1/s1. The molecule has 3 heteroatoms. The van der Waals surface area contributed by atoms with Gasteiger partial charge in [0, 0.05) is 17.4 Å². The highest BCUT2D eigenvalue weighted by Crippen LogP contribution is 2.29. The molecule has 1 aliphatic heterocycles. The van der Waals surface area contributed by atoms with Crippen LogP contribution >= 0.6 is 11.8 Å². The Labute approximate surface area is 113 Å². The minimum Gasteiger partial charge on any atom is -0.356 e. The van der Waals surface area contributed by atoms with Crippen LogP contribution in [0.15, 0.2) is 23.1 Å². The highest BCUT2D eigenvalue weighted by Gasteiger charge is 2.23. The van der Waals surface area contributed by atoms with E-state index in [0.717, 1.165) is 25.1 Å². The molecule has 1 aliphatic carbocycles. The van der Waals surface area contributed by atoms with Crippen LogP contribution in [0.2, 0.25) is 0 Å². The van der Waals surface area contributed by atoms with Gasteiger partial charge in [-0.2, -0.15) is 0 Å². The van der Waals surface area contributed by atoms with Crippen LogP contribution in [0, 0.1) is 5.92 Å². The van der Waals surface area contributed by atoms with Gasteiger partial charge in [0.15, 0.2) is 0 Å². The first-order chi connectivity index (χ1) is 8.83. The van der Waals surface area contributed by atoms with Gasteiger partial charge >= 0.3 is 0 Å². The summed E-state index contributed by atoms with van der Waals surface area (Å²) in [5, 5.41) is 2.90. The van der Waals surface area contributed by atoms with Gasteiger partial charge in [0.25, 0.3) is 0 Å². The second-order valence-electron chi connectivity index (χ2n) is 5.20. The summed E-state index contributed by atoms with van der Waals surface area (Å²) < 4.78 is 0. The number of carbonyl (C=O) groups is 1. The van der Waals surface area contributed by atoms with Crippen LogP contribution < -0.4 is 5.32 Å². The number of nitrogens with one attached hydrogen (secondary N) is 1. The van der Waals surface area contributed by atoms with Crippen molar-refractivity contribution in [2.75, 3.05) is 12.3 Å². The average Bonchev–Trinajstić information content (AvgIpc) is 2.98. The zero-order valence-electron chi connectivity index (χ0n) is 10.6. The zero-order chi connectivity index (χ0) is 12.4. The Morgan fingerprint density at radius 3 is 3.00 bits per heavy atom. The Bertz CT molecular complexity index is 458. The molecule has 3 rings (SSSR count). The number of fused-ring (bicyclic) bond motifs is 1. The molecule has 0 aromatic heterocycles. The van der Waals surface area contributed by atoms with E-state index in [2.05, 4.69) is 23.5 Å².